The predicted molar refractivity (Wildman–Crippen MR) is 90.8 cm³/mol. The van der Waals surface area contributed by atoms with Crippen LogP contribution >= 0.6 is 0 Å². The summed E-state index contributed by atoms with van der Waals surface area (Å²) in [6.45, 7) is 0. The van der Waals surface area contributed by atoms with Crippen molar-refractivity contribution in [1.82, 2.24) is 20.0 Å². The van der Waals surface area contributed by atoms with Crippen molar-refractivity contribution in [3.05, 3.63) is 42.7 Å². The van der Waals surface area contributed by atoms with E-state index in [2.05, 4.69) is 20.0 Å². The Morgan fingerprint density at radius 2 is 1.62 bits per heavy atom. The van der Waals surface area contributed by atoms with Crippen LogP contribution in [0.5, 0.6) is 0 Å². The molecule has 126 valence electrons. The lowest BCUT2D eigenvalue weighted by atomic mass is 10.0. The quantitative estimate of drug-likeness (QED) is 0.882. The monoisotopic (exact) mass is 344 g/mol. The Morgan fingerprint density at radius 1 is 1.00 bits per heavy atom. The minimum Gasteiger partial charge on any atom is -0.311 e. The zero-order chi connectivity index (χ0) is 16.6. The summed E-state index contributed by atoms with van der Waals surface area (Å²) in [5, 5.41) is 3.51. The molecule has 0 aliphatic carbocycles. The minimum atomic E-state index is -3.58. The van der Waals surface area contributed by atoms with Gasteiger partial charge in [-0.1, -0.05) is 30.3 Å². The van der Waals surface area contributed by atoms with E-state index < -0.39 is 10.0 Å². The van der Waals surface area contributed by atoms with Crippen LogP contribution in [0, 0.1) is 0 Å². The fourth-order valence-corrected chi connectivity index (χ4v) is 4.78. The first-order valence-electron chi connectivity index (χ1n) is 8.26. The van der Waals surface area contributed by atoms with Gasteiger partial charge >= 0.3 is 0 Å². The van der Waals surface area contributed by atoms with Crippen LogP contribution in [0.3, 0.4) is 0 Å². The van der Waals surface area contributed by atoms with Crippen molar-refractivity contribution in [3.8, 4) is 11.4 Å². The lowest BCUT2D eigenvalue weighted by Crippen LogP contribution is -2.47. The third kappa shape index (κ3) is 3.19. The van der Waals surface area contributed by atoms with Gasteiger partial charge in [0.1, 0.15) is 4.90 Å². The highest BCUT2D eigenvalue weighted by Gasteiger charge is 2.35. The number of sulfonamides is 1. The average Bonchev–Trinajstić information content (AvgIpc) is 2.94. The van der Waals surface area contributed by atoms with E-state index in [4.69, 9.17) is 0 Å². The first-order chi connectivity index (χ1) is 11.6. The Labute approximate surface area is 141 Å². The van der Waals surface area contributed by atoms with E-state index in [9.17, 15) is 8.42 Å². The number of benzene rings is 1. The minimum absolute atomic E-state index is 0.0115. The maximum atomic E-state index is 12.6. The molecule has 0 saturated carbocycles. The van der Waals surface area contributed by atoms with E-state index >= 15 is 0 Å². The second-order valence-corrected chi connectivity index (χ2v) is 8.25. The van der Waals surface area contributed by atoms with E-state index in [0.29, 0.717) is 17.9 Å². The molecule has 0 amide bonds. The van der Waals surface area contributed by atoms with E-state index in [1.807, 2.05) is 30.3 Å². The van der Waals surface area contributed by atoms with Crippen LogP contribution in [-0.4, -0.2) is 36.5 Å². The molecule has 1 aromatic carbocycles. The number of hydrogen-bond donors (Lipinski definition) is 2. The zero-order valence-corrected chi connectivity index (χ0v) is 14.0. The van der Waals surface area contributed by atoms with Crippen LogP contribution in [0.2, 0.25) is 0 Å². The van der Waals surface area contributed by atoms with Gasteiger partial charge in [-0.15, -0.1) is 0 Å². The number of aromatic nitrogens is 2. The summed E-state index contributed by atoms with van der Waals surface area (Å²) in [5.41, 5.74) is 0.865. The molecule has 0 radical (unpaired) electrons. The number of nitrogens with zero attached hydrogens (tertiary/aromatic N) is 2. The molecule has 2 aliphatic rings. The predicted octanol–water partition coefficient (Wildman–Crippen LogP) is 1.70. The fraction of sp³-hybridized carbons (Fsp3) is 0.412. The van der Waals surface area contributed by atoms with Crippen LogP contribution in [0.15, 0.2) is 47.6 Å². The molecule has 24 heavy (non-hydrogen) atoms. The van der Waals surface area contributed by atoms with Crippen LogP contribution < -0.4 is 10.0 Å². The molecule has 2 saturated heterocycles. The van der Waals surface area contributed by atoms with Gasteiger partial charge in [0.05, 0.1) is 12.4 Å². The summed E-state index contributed by atoms with van der Waals surface area (Å²) in [6.07, 6.45) is 6.73. The van der Waals surface area contributed by atoms with E-state index in [0.717, 1.165) is 31.2 Å². The second-order valence-electron chi connectivity index (χ2n) is 6.54. The number of piperidine rings is 1. The molecule has 2 N–H and O–H groups in total. The molecule has 2 atom stereocenters. The highest BCUT2D eigenvalue weighted by molar-refractivity contribution is 7.89. The third-order valence-electron chi connectivity index (χ3n) is 4.77. The summed E-state index contributed by atoms with van der Waals surface area (Å²) in [6, 6.07) is 10.4. The lowest BCUT2D eigenvalue weighted by Gasteiger charge is -2.29. The molecule has 2 aromatic rings. The van der Waals surface area contributed by atoms with Crippen LogP contribution in [-0.2, 0) is 10.0 Å². The van der Waals surface area contributed by atoms with Gasteiger partial charge in [-0.25, -0.2) is 23.1 Å². The normalized spacial score (nSPS) is 26.4. The Hall–Kier alpha value is -1.83. The summed E-state index contributed by atoms with van der Waals surface area (Å²) in [4.78, 5) is 8.53. The van der Waals surface area contributed by atoms with Crippen molar-refractivity contribution in [2.24, 2.45) is 0 Å². The molecule has 3 heterocycles. The van der Waals surface area contributed by atoms with Gasteiger partial charge in [-0.2, -0.15) is 0 Å². The Kier molecular flexibility index (Phi) is 4.07. The van der Waals surface area contributed by atoms with Crippen LogP contribution in [0.4, 0.5) is 0 Å². The summed E-state index contributed by atoms with van der Waals surface area (Å²) < 4.78 is 28.0. The second kappa shape index (κ2) is 6.23. The van der Waals surface area contributed by atoms with Gasteiger partial charge in [-0.3, -0.25) is 0 Å². The molecule has 2 bridgehead atoms. The number of rotatable bonds is 4. The maximum Gasteiger partial charge on any atom is 0.243 e. The van der Waals surface area contributed by atoms with Gasteiger partial charge in [0.15, 0.2) is 5.82 Å². The number of nitrogens with one attached hydrogen (secondary N) is 2. The third-order valence-corrected chi connectivity index (χ3v) is 6.24. The van der Waals surface area contributed by atoms with Gasteiger partial charge in [0.2, 0.25) is 10.0 Å². The van der Waals surface area contributed by atoms with Gasteiger partial charge in [-0.05, 0) is 25.7 Å². The molecule has 7 heteroatoms. The average molecular weight is 344 g/mol. The van der Waals surface area contributed by atoms with Crippen LogP contribution in [0.25, 0.3) is 11.4 Å². The molecule has 2 fully saturated rings. The highest BCUT2D eigenvalue weighted by atomic mass is 32.2. The molecule has 4 rings (SSSR count). The van der Waals surface area contributed by atoms with Crippen molar-refractivity contribution in [2.75, 3.05) is 0 Å². The summed E-state index contributed by atoms with van der Waals surface area (Å²) in [7, 11) is -3.58. The fourth-order valence-electron chi connectivity index (χ4n) is 3.63. The van der Waals surface area contributed by atoms with Crippen LogP contribution in [0.1, 0.15) is 25.7 Å². The van der Waals surface area contributed by atoms with Crippen molar-refractivity contribution in [2.45, 2.75) is 48.7 Å². The van der Waals surface area contributed by atoms with E-state index in [1.54, 1.807) is 0 Å². The van der Waals surface area contributed by atoms with Crippen molar-refractivity contribution < 1.29 is 8.42 Å². The van der Waals surface area contributed by atoms with Crippen molar-refractivity contribution >= 4 is 10.0 Å². The Morgan fingerprint density at radius 3 is 2.25 bits per heavy atom. The van der Waals surface area contributed by atoms with E-state index in [-0.39, 0.29) is 10.9 Å². The standard InChI is InChI=1S/C17H20N4O2S/c22-24(23,21-15-8-13-6-7-14(9-15)20-13)16-10-18-17(19-11-16)12-4-2-1-3-5-12/h1-5,10-11,13-15,20-21H,6-9H2. The molecule has 1 aromatic heterocycles. The first-order valence-corrected chi connectivity index (χ1v) is 9.74. The summed E-state index contributed by atoms with van der Waals surface area (Å²) in [5.74, 6) is 0.523. The van der Waals surface area contributed by atoms with Crippen molar-refractivity contribution in [1.29, 1.82) is 0 Å². The summed E-state index contributed by atoms with van der Waals surface area (Å²) >= 11 is 0. The zero-order valence-electron chi connectivity index (χ0n) is 13.2. The first kappa shape index (κ1) is 15.7. The molecular weight excluding hydrogens is 324 g/mol. The molecular formula is C17H20N4O2S. The maximum absolute atomic E-state index is 12.6. The van der Waals surface area contributed by atoms with Gasteiger partial charge in [0.25, 0.3) is 0 Å². The smallest absolute Gasteiger partial charge is 0.243 e. The topological polar surface area (TPSA) is 84.0 Å². The number of hydrogen-bond acceptors (Lipinski definition) is 5. The molecule has 6 nitrogen and oxygen atoms in total. The van der Waals surface area contributed by atoms with E-state index in [1.165, 1.54) is 12.4 Å². The SMILES string of the molecule is O=S(=O)(NC1CC2CCC(C1)N2)c1cnc(-c2ccccc2)nc1. The highest BCUT2D eigenvalue weighted by Crippen LogP contribution is 2.27. The molecule has 0 spiro atoms. The number of fused-ring (bicyclic) bond motifs is 2. The Balaban J connectivity index is 1.50. The molecule has 2 aliphatic heterocycles. The van der Waals surface area contributed by atoms with Gasteiger partial charge < -0.3 is 5.32 Å². The van der Waals surface area contributed by atoms with Gasteiger partial charge in [0, 0.05) is 23.7 Å². The lowest BCUT2D eigenvalue weighted by molar-refractivity contribution is 0.345. The molecule has 2 unspecified atom stereocenters. The largest absolute Gasteiger partial charge is 0.311 e. The Bertz CT molecular complexity index is 796. The van der Waals surface area contributed by atoms with Crippen molar-refractivity contribution in [3.63, 3.8) is 0 Å².